The molecule has 1 aromatic heterocycles. The molecule has 7 heteroatoms. The summed E-state index contributed by atoms with van der Waals surface area (Å²) in [6, 6.07) is 17.0. The summed E-state index contributed by atoms with van der Waals surface area (Å²) in [6.45, 7) is 0.375. The molecule has 0 fully saturated rings. The van der Waals surface area contributed by atoms with Gasteiger partial charge >= 0.3 is 0 Å². The molecule has 0 saturated heterocycles. The summed E-state index contributed by atoms with van der Waals surface area (Å²) in [5.74, 6) is 1.23. The van der Waals surface area contributed by atoms with Crippen LogP contribution in [-0.2, 0) is 6.54 Å². The molecule has 0 amide bonds. The second-order valence-corrected chi connectivity index (χ2v) is 5.87. The fourth-order valence-corrected chi connectivity index (χ4v) is 2.25. The Morgan fingerprint density at radius 3 is 2.57 bits per heavy atom. The predicted molar refractivity (Wildman–Crippen MR) is 88.9 cm³/mol. The van der Waals surface area contributed by atoms with Gasteiger partial charge in [-0.3, -0.25) is 0 Å². The lowest BCUT2D eigenvalue weighted by atomic mass is 10.2. The summed E-state index contributed by atoms with van der Waals surface area (Å²) in [4.78, 5) is 1.37. The number of hydrogen-bond donors (Lipinski definition) is 1. The second kappa shape index (κ2) is 7.34. The Labute approximate surface area is 141 Å². The number of aliphatic hydroxyl groups is 1. The van der Waals surface area contributed by atoms with Crippen molar-refractivity contribution >= 4 is 15.9 Å². The third-order valence-corrected chi connectivity index (χ3v) is 3.64. The van der Waals surface area contributed by atoms with Gasteiger partial charge in [-0.2, -0.15) is 4.80 Å². The molecule has 0 aliphatic carbocycles. The highest BCUT2D eigenvalue weighted by Crippen LogP contribution is 2.16. The van der Waals surface area contributed by atoms with Crippen molar-refractivity contribution in [2.45, 2.75) is 12.6 Å². The Morgan fingerprint density at radius 1 is 1.09 bits per heavy atom. The first-order valence-electron chi connectivity index (χ1n) is 7.10. The number of benzene rings is 2. The van der Waals surface area contributed by atoms with E-state index in [2.05, 4.69) is 31.3 Å². The average molecular weight is 375 g/mol. The van der Waals surface area contributed by atoms with Gasteiger partial charge in [-0.15, -0.1) is 10.2 Å². The Kier molecular flexibility index (Phi) is 4.99. The summed E-state index contributed by atoms with van der Waals surface area (Å²) in [5, 5.41) is 22.2. The van der Waals surface area contributed by atoms with E-state index in [1.54, 1.807) is 0 Å². The predicted octanol–water partition coefficient (Wildman–Crippen LogP) is 2.54. The van der Waals surface area contributed by atoms with Gasteiger partial charge in [0, 0.05) is 10.0 Å². The molecule has 2 aromatic carbocycles. The molecule has 1 heterocycles. The number of nitrogens with zero attached hydrogens (tertiary/aromatic N) is 4. The molecule has 0 radical (unpaired) electrons. The lowest BCUT2D eigenvalue weighted by Gasteiger charge is -2.11. The van der Waals surface area contributed by atoms with Crippen LogP contribution in [0.1, 0.15) is 0 Å². The molecule has 1 atom stereocenters. The van der Waals surface area contributed by atoms with Crippen molar-refractivity contribution in [2.24, 2.45) is 0 Å². The molecule has 0 aliphatic rings. The van der Waals surface area contributed by atoms with Gasteiger partial charge in [-0.25, -0.2) is 0 Å². The number of ether oxygens (including phenoxy) is 1. The van der Waals surface area contributed by atoms with Crippen molar-refractivity contribution in [1.82, 2.24) is 20.2 Å². The van der Waals surface area contributed by atoms with Crippen LogP contribution in [0, 0.1) is 0 Å². The van der Waals surface area contributed by atoms with Crippen molar-refractivity contribution in [1.29, 1.82) is 0 Å². The maximum Gasteiger partial charge on any atom is 0.204 e. The molecule has 0 aliphatic heterocycles. The zero-order valence-electron chi connectivity index (χ0n) is 12.2. The second-order valence-electron chi connectivity index (χ2n) is 4.95. The monoisotopic (exact) mass is 374 g/mol. The molecule has 3 rings (SSSR count). The Balaban J connectivity index is 1.55. The van der Waals surface area contributed by atoms with Crippen LogP contribution >= 0.6 is 15.9 Å². The minimum absolute atomic E-state index is 0.157. The van der Waals surface area contributed by atoms with Gasteiger partial charge in [0.15, 0.2) is 0 Å². The molecule has 0 bridgehead atoms. The summed E-state index contributed by atoms with van der Waals surface area (Å²) >= 11 is 3.36. The van der Waals surface area contributed by atoms with Crippen LogP contribution < -0.4 is 4.74 Å². The molecular weight excluding hydrogens is 360 g/mol. The first kappa shape index (κ1) is 15.6. The molecule has 0 spiro atoms. The summed E-state index contributed by atoms with van der Waals surface area (Å²) in [6.07, 6.45) is -0.725. The molecule has 6 nitrogen and oxygen atoms in total. The lowest BCUT2D eigenvalue weighted by Crippen LogP contribution is -2.24. The van der Waals surface area contributed by atoms with Gasteiger partial charge < -0.3 is 9.84 Å². The molecule has 3 aromatic rings. The topological polar surface area (TPSA) is 73.1 Å². The van der Waals surface area contributed by atoms with Gasteiger partial charge in [0.1, 0.15) is 18.5 Å². The third kappa shape index (κ3) is 4.37. The number of aromatic nitrogens is 4. The fourth-order valence-electron chi connectivity index (χ4n) is 1.99. The number of halogens is 1. The van der Waals surface area contributed by atoms with Crippen LogP contribution in [-0.4, -0.2) is 38.0 Å². The van der Waals surface area contributed by atoms with Crippen molar-refractivity contribution in [3.63, 3.8) is 0 Å². The maximum absolute atomic E-state index is 10.0. The van der Waals surface area contributed by atoms with E-state index in [0.29, 0.717) is 11.6 Å². The number of tetrazole rings is 1. The van der Waals surface area contributed by atoms with Crippen molar-refractivity contribution in [2.75, 3.05) is 6.61 Å². The third-order valence-electron chi connectivity index (χ3n) is 3.11. The van der Waals surface area contributed by atoms with E-state index in [1.165, 1.54) is 4.80 Å². The van der Waals surface area contributed by atoms with Crippen LogP contribution in [0.2, 0.25) is 0 Å². The fraction of sp³-hybridized carbons (Fsp3) is 0.188. The highest BCUT2D eigenvalue weighted by Gasteiger charge is 2.11. The minimum atomic E-state index is -0.725. The van der Waals surface area contributed by atoms with Crippen LogP contribution in [0.5, 0.6) is 5.75 Å². The van der Waals surface area contributed by atoms with Crippen LogP contribution in [0.3, 0.4) is 0 Å². The summed E-state index contributed by atoms with van der Waals surface area (Å²) < 4.78 is 6.50. The van der Waals surface area contributed by atoms with E-state index in [0.717, 1.165) is 10.0 Å². The van der Waals surface area contributed by atoms with E-state index in [-0.39, 0.29) is 13.2 Å². The SMILES string of the molecule is OC(COc1ccc(Br)cc1)Cn1nnc(-c2ccccc2)n1. The van der Waals surface area contributed by atoms with E-state index < -0.39 is 6.10 Å². The van der Waals surface area contributed by atoms with Gasteiger partial charge in [0.25, 0.3) is 0 Å². The van der Waals surface area contributed by atoms with Gasteiger partial charge in [0.05, 0.1) is 6.54 Å². The van der Waals surface area contributed by atoms with E-state index in [9.17, 15) is 5.11 Å². The van der Waals surface area contributed by atoms with E-state index >= 15 is 0 Å². The van der Waals surface area contributed by atoms with Gasteiger partial charge in [0.2, 0.25) is 5.82 Å². The average Bonchev–Trinajstić information content (AvgIpc) is 3.04. The van der Waals surface area contributed by atoms with Crippen LogP contribution in [0.4, 0.5) is 0 Å². The van der Waals surface area contributed by atoms with Crippen molar-refractivity contribution in [3.05, 3.63) is 59.1 Å². The number of aliphatic hydroxyl groups excluding tert-OH is 1. The smallest absolute Gasteiger partial charge is 0.204 e. The largest absolute Gasteiger partial charge is 0.491 e. The molecule has 1 N–H and O–H groups in total. The Hall–Kier alpha value is -2.25. The molecule has 0 saturated carbocycles. The minimum Gasteiger partial charge on any atom is -0.491 e. The number of rotatable bonds is 6. The summed E-state index contributed by atoms with van der Waals surface area (Å²) in [7, 11) is 0. The number of hydrogen-bond acceptors (Lipinski definition) is 5. The molecule has 23 heavy (non-hydrogen) atoms. The highest BCUT2D eigenvalue weighted by atomic mass is 79.9. The normalized spacial score (nSPS) is 12.1. The first-order chi connectivity index (χ1) is 11.2. The van der Waals surface area contributed by atoms with Crippen LogP contribution in [0.25, 0.3) is 11.4 Å². The van der Waals surface area contributed by atoms with Gasteiger partial charge in [-0.05, 0) is 29.5 Å². The standard InChI is InChI=1S/C16H15BrN4O2/c17-13-6-8-15(9-7-13)23-11-14(22)10-21-19-16(18-20-21)12-4-2-1-3-5-12/h1-9,14,22H,10-11H2. The quantitative estimate of drug-likeness (QED) is 0.717. The Morgan fingerprint density at radius 2 is 1.83 bits per heavy atom. The van der Waals surface area contributed by atoms with Crippen molar-refractivity contribution in [3.8, 4) is 17.1 Å². The zero-order chi connectivity index (χ0) is 16.1. The van der Waals surface area contributed by atoms with E-state index in [1.807, 2.05) is 54.6 Å². The zero-order valence-corrected chi connectivity index (χ0v) is 13.8. The van der Waals surface area contributed by atoms with Crippen LogP contribution in [0.15, 0.2) is 59.1 Å². The Bertz CT molecular complexity index is 746. The van der Waals surface area contributed by atoms with Gasteiger partial charge in [-0.1, -0.05) is 46.3 Å². The molecule has 118 valence electrons. The highest BCUT2D eigenvalue weighted by molar-refractivity contribution is 9.10. The first-order valence-corrected chi connectivity index (χ1v) is 7.89. The molecular formula is C16H15BrN4O2. The van der Waals surface area contributed by atoms with E-state index in [4.69, 9.17) is 4.74 Å². The molecule has 1 unspecified atom stereocenters. The lowest BCUT2D eigenvalue weighted by molar-refractivity contribution is 0.0850. The summed E-state index contributed by atoms with van der Waals surface area (Å²) in [5.41, 5.74) is 0.888. The van der Waals surface area contributed by atoms with Crippen molar-refractivity contribution < 1.29 is 9.84 Å². The maximum atomic E-state index is 10.0.